The first-order chi connectivity index (χ1) is 12.8. The lowest BCUT2D eigenvalue weighted by atomic mass is 9.82. The van der Waals surface area contributed by atoms with E-state index in [1.165, 1.54) is 11.1 Å². The van der Waals surface area contributed by atoms with E-state index >= 15 is 0 Å². The van der Waals surface area contributed by atoms with Crippen LogP contribution in [0, 0.1) is 0 Å². The Labute approximate surface area is 153 Å². The second kappa shape index (κ2) is 7.52. The van der Waals surface area contributed by atoms with Crippen LogP contribution >= 0.6 is 0 Å². The highest BCUT2D eigenvalue weighted by molar-refractivity contribution is 5.95. The van der Waals surface area contributed by atoms with Crippen molar-refractivity contribution in [1.29, 1.82) is 0 Å². The van der Waals surface area contributed by atoms with Gasteiger partial charge in [-0.3, -0.25) is 14.5 Å². The second-order valence-corrected chi connectivity index (χ2v) is 6.70. The predicted molar refractivity (Wildman–Crippen MR) is 101 cm³/mol. The Morgan fingerprint density at radius 3 is 2.88 bits per heavy atom. The summed E-state index contributed by atoms with van der Waals surface area (Å²) in [5, 5.41) is 7.48. The molecule has 1 aromatic carbocycles. The van der Waals surface area contributed by atoms with Crippen LogP contribution in [0.5, 0.6) is 0 Å². The summed E-state index contributed by atoms with van der Waals surface area (Å²) in [6.45, 7) is 0.770. The normalized spacial score (nSPS) is 16.1. The van der Waals surface area contributed by atoms with Crippen LogP contribution < -0.4 is 5.32 Å². The quantitative estimate of drug-likeness (QED) is 0.768. The molecule has 1 unspecified atom stereocenters. The van der Waals surface area contributed by atoms with Crippen LogP contribution in [-0.2, 0) is 24.2 Å². The number of benzene rings is 1. The van der Waals surface area contributed by atoms with E-state index in [9.17, 15) is 4.79 Å². The lowest BCUT2D eigenvalue weighted by molar-refractivity contribution is -0.117. The van der Waals surface area contributed by atoms with E-state index in [2.05, 4.69) is 27.5 Å². The van der Waals surface area contributed by atoms with Gasteiger partial charge < -0.3 is 5.32 Å². The summed E-state index contributed by atoms with van der Waals surface area (Å²) in [5.41, 5.74) is 3.68. The molecule has 0 saturated heterocycles. The number of carbonyl (C=O) groups excluding carboxylic acids is 1. The van der Waals surface area contributed by atoms with Crippen molar-refractivity contribution >= 4 is 11.7 Å². The van der Waals surface area contributed by atoms with Gasteiger partial charge in [-0.15, -0.1) is 0 Å². The van der Waals surface area contributed by atoms with Gasteiger partial charge in [0, 0.05) is 31.2 Å². The van der Waals surface area contributed by atoms with Crippen molar-refractivity contribution in [1.82, 2.24) is 14.8 Å². The number of hydrogen-bond acceptors (Lipinski definition) is 3. The highest BCUT2D eigenvalue weighted by Crippen LogP contribution is 2.32. The third-order valence-corrected chi connectivity index (χ3v) is 4.96. The lowest BCUT2D eigenvalue weighted by Crippen LogP contribution is -2.25. The lowest BCUT2D eigenvalue weighted by Gasteiger charge is -2.24. The van der Waals surface area contributed by atoms with Crippen LogP contribution in [0.15, 0.2) is 61.1 Å². The summed E-state index contributed by atoms with van der Waals surface area (Å²) in [4.78, 5) is 16.8. The SMILES string of the molecule is O=C(Nc1ccn(CCc2ccncc2)n1)C1CCCc2ccccc21. The standard InChI is InChI=1S/C21H22N4O/c26-21(19-7-3-5-17-4-1-2-6-18(17)19)23-20-11-15-25(24-20)14-10-16-8-12-22-13-9-16/h1-2,4,6,8-9,11-13,15,19H,3,5,7,10,14H2,(H,23,24,26). The molecule has 0 fully saturated rings. The molecule has 1 N–H and O–H groups in total. The number of pyridine rings is 1. The van der Waals surface area contributed by atoms with Crippen LogP contribution in [0.1, 0.15) is 35.4 Å². The molecule has 5 nitrogen and oxygen atoms in total. The van der Waals surface area contributed by atoms with E-state index < -0.39 is 0 Å². The Balaban J connectivity index is 1.39. The molecular weight excluding hydrogens is 324 g/mol. The van der Waals surface area contributed by atoms with Crippen molar-refractivity contribution in [3.8, 4) is 0 Å². The average molecular weight is 346 g/mol. The molecule has 2 heterocycles. The van der Waals surface area contributed by atoms with E-state index in [1.807, 2.05) is 41.2 Å². The molecule has 1 aliphatic rings. The second-order valence-electron chi connectivity index (χ2n) is 6.70. The maximum Gasteiger partial charge on any atom is 0.233 e. The van der Waals surface area contributed by atoms with Gasteiger partial charge in [0.05, 0.1) is 5.92 Å². The molecule has 0 spiro atoms. The third-order valence-electron chi connectivity index (χ3n) is 4.96. The van der Waals surface area contributed by atoms with E-state index in [1.54, 1.807) is 12.4 Å². The van der Waals surface area contributed by atoms with Crippen LogP contribution in [0.2, 0.25) is 0 Å². The first kappa shape index (κ1) is 16.5. The number of nitrogens with zero attached hydrogens (tertiary/aromatic N) is 3. The minimum Gasteiger partial charge on any atom is -0.309 e. The van der Waals surface area contributed by atoms with Crippen molar-refractivity contribution in [3.63, 3.8) is 0 Å². The number of aromatic nitrogens is 3. The number of nitrogens with one attached hydrogen (secondary N) is 1. The minimum atomic E-state index is -0.0816. The molecular formula is C21H22N4O. The summed E-state index contributed by atoms with van der Waals surface area (Å²) >= 11 is 0. The molecule has 0 aliphatic heterocycles. The minimum absolute atomic E-state index is 0.0385. The smallest absolute Gasteiger partial charge is 0.233 e. The van der Waals surface area contributed by atoms with E-state index in [4.69, 9.17) is 0 Å². The summed E-state index contributed by atoms with van der Waals surface area (Å²) in [5.74, 6) is 0.575. The van der Waals surface area contributed by atoms with Crippen molar-refractivity contribution in [3.05, 3.63) is 77.7 Å². The van der Waals surface area contributed by atoms with Gasteiger partial charge >= 0.3 is 0 Å². The monoisotopic (exact) mass is 346 g/mol. The van der Waals surface area contributed by atoms with Gasteiger partial charge in [0.25, 0.3) is 0 Å². The van der Waals surface area contributed by atoms with Gasteiger partial charge in [-0.2, -0.15) is 5.10 Å². The van der Waals surface area contributed by atoms with Gasteiger partial charge in [-0.1, -0.05) is 24.3 Å². The van der Waals surface area contributed by atoms with Gasteiger partial charge in [0.1, 0.15) is 0 Å². The summed E-state index contributed by atoms with van der Waals surface area (Å²) < 4.78 is 1.87. The van der Waals surface area contributed by atoms with Crippen molar-refractivity contribution in [2.45, 2.75) is 38.1 Å². The highest BCUT2D eigenvalue weighted by Gasteiger charge is 2.26. The zero-order valence-electron chi connectivity index (χ0n) is 14.6. The van der Waals surface area contributed by atoms with Gasteiger partial charge in [0.15, 0.2) is 5.82 Å². The number of rotatable bonds is 5. The first-order valence-electron chi connectivity index (χ1n) is 9.10. The Morgan fingerprint density at radius 2 is 2.00 bits per heavy atom. The maximum absolute atomic E-state index is 12.8. The molecule has 1 atom stereocenters. The highest BCUT2D eigenvalue weighted by atomic mass is 16.2. The fourth-order valence-corrected chi connectivity index (χ4v) is 3.59. The van der Waals surface area contributed by atoms with Crippen molar-refractivity contribution in [2.24, 2.45) is 0 Å². The zero-order chi connectivity index (χ0) is 17.8. The first-order valence-corrected chi connectivity index (χ1v) is 9.10. The number of hydrogen-bond donors (Lipinski definition) is 1. The van der Waals surface area contributed by atoms with Crippen LogP contribution in [0.25, 0.3) is 0 Å². The Bertz CT molecular complexity index is 888. The summed E-state index contributed by atoms with van der Waals surface area (Å²) in [6, 6.07) is 14.1. The number of fused-ring (bicyclic) bond motifs is 1. The Kier molecular flexibility index (Phi) is 4.78. The van der Waals surface area contributed by atoms with Gasteiger partial charge in [-0.05, 0) is 54.5 Å². The summed E-state index contributed by atoms with van der Waals surface area (Å²) in [6.07, 6.45) is 9.39. The molecule has 26 heavy (non-hydrogen) atoms. The van der Waals surface area contributed by atoms with Crippen molar-refractivity contribution in [2.75, 3.05) is 5.32 Å². The van der Waals surface area contributed by atoms with Crippen LogP contribution in [-0.4, -0.2) is 20.7 Å². The molecule has 2 aromatic heterocycles. The fourth-order valence-electron chi connectivity index (χ4n) is 3.59. The number of amides is 1. The predicted octanol–water partition coefficient (Wildman–Crippen LogP) is 3.58. The molecule has 1 aliphatic carbocycles. The largest absolute Gasteiger partial charge is 0.309 e. The van der Waals surface area contributed by atoms with E-state index in [0.717, 1.165) is 37.8 Å². The molecule has 0 bridgehead atoms. The molecule has 1 amide bonds. The molecule has 3 aromatic rings. The van der Waals surface area contributed by atoms with Crippen LogP contribution in [0.4, 0.5) is 5.82 Å². The summed E-state index contributed by atoms with van der Waals surface area (Å²) in [7, 11) is 0. The molecule has 0 saturated carbocycles. The maximum atomic E-state index is 12.8. The number of anilines is 1. The number of carbonyl (C=O) groups is 1. The van der Waals surface area contributed by atoms with E-state index in [0.29, 0.717) is 5.82 Å². The van der Waals surface area contributed by atoms with E-state index in [-0.39, 0.29) is 11.8 Å². The third kappa shape index (κ3) is 3.67. The Hall–Kier alpha value is -2.95. The average Bonchev–Trinajstić information content (AvgIpc) is 3.14. The molecule has 0 radical (unpaired) electrons. The van der Waals surface area contributed by atoms with Gasteiger partial charge in [0.2, 0.25) is 5.91 Å². The molecule has 4 rings (SSSR count). The van der Waals surface area contributed by atoms with Crippen molar-refractivity contribution < 1.29 is 4.79 Å². The topological polar surface area (TPSA) is 59.8 Å². The molecule has 5 heteroatoms. The Morgan fingerprint density at radius 1 is 1.15 bits per heavy atom. The van der Waals surface area contributed by atoms with Crippen LogP contribution in [0.3, 0.4) is 0 Å². The zero-order valence-corrected chi connectivity index (χ0v) is 14.6. The molecule has 132 valence electrons. The number of aryl methyl sites for hydroxylation is 3. The fraction of sp³-hybridized carbons (Fsp3) is 0.286. The van der Waals surface area contributed by atoms with Gasteiger partial charge in [-0.25, -0.2) is 0 Å².